The molecule has 3 aromatic rings. The predicted molar refractivity (Wildman–Crippen MR) is 112 cm³/mol. The first-order chi connectivity index (χ1) is 13.2. The average Bonchev–Trinajstić information content (AvgIpc) is 3.37. The normalized spacial score (nSPS) is 11.7. The second kappa shape index (κ2) is 9.94. The monoisotopic (exact) mass is 382 g/mol. The van der Waals surface area contributed by atoms with E-state index in [-0.39, 0.29) is 0 Å². The van der Waals surface area contributed by atoms with E-state index in [0.29, 0.717) is 0 Å². The molecule has 2 heterocycles. The number of nitrogens with one attached hydrogen (secondary N) is 2. The number of rotatable bonds is 8. The van der Waals surface area contributed by atoms with Crippen molar-refractivity contribution < 1.29 is 4.42 Å². The molecular weight excluding hydrogens is 356 g/mol. The van der Waals surface area contributed by atoms with Crippen molar-refractivity contribution in [1.82, 2.24) is 15.5 Å². The summed E-state index contributed by atoms with van der Waals surface area (Å²) < 4.78 is 5.45. The maximum Gasteiger partial charge on any atom is 0.191 e. The molecule has 0 fully saturated rings. The van der Waals surface area contributed by atoms with Crippen LogP contribution < -0.4 is 10.6 Å². The molecule has 142 valence electrons. The van der Waals surface area contributed by atoms with E-state index in [0.717, 1.165) is 37.9 Å². The van der Waals surface area contributed by atoms with Crippen molar-refractivity contribution in [1.29, 1.82) is 0 Å². The molecule has 0 atom stereocenters. The van der Waals surface area contributed by atoms with Gasteiger partial charge < -0.3 is 15.1 Å². The van der Waals surface area contributed by atoms with Crippen LogP contribution in [0.1, 0.15) is 21.8 Å². The highest BCUT2D eigenvalue weighted by Gasteiger charge is 2.08. The fourth-order valence-electron chi connectivity index (χ4n) is 2.88. The minimum atomic E-state index is 0.731. The fraction of sp³-hybridized carbons (Fsp3) is 0.286. The first-order valence-electron chi connectivity index (χ1n) is 8.99. The van der Waals surface area contributed by atoms with Crippen LogP contribution in [0, 0.1) is 0 Å². The molecule has 1 aromatic carbocycles. The van der Waals surface area contributed by atoms with Gasteiger partial charge in [0.25, 0.3) is 0 Å². The third-order valence-corrected chi connectivity index (χ3v) is 5.12. The summed E-state index contributed by atoms with van der Waals surface area (Å²) in [5.74, 6) is 1.79. The quantitative estimate of drug-likeness (QED) is 0.459. The summed E-state index contributed by atoms with van der Waals surface area (Å²) in [7, 11) is 3.90. The van der Waals surface area contributed by atoms with Gasteiger partial charge in [0.1, 0.15) is 5.76 Å². The minimum absolute atomic E-state index is 0.731. The Bertz CT molecular complexity index is 828. The number of hydrogen-bond acceptors (Lipinski definition) is 4. The van der Waals surface area contributed by atoms with Crippen LogP contribution in [0.25, 0.3) is 0 Å². The van der Waals surface area contributed by atoms with Crippen LogP contribution >= 0.6 is 11.3 Å². The lowest BCUT2D eigenvalue weighted by atomic mass is 10.1. The van der Waals surface area contributed by atoms with E-state index in [1.807, 2.05) is 12.1 Å². The Kier molecular flexibility index (Phi) is 7.07. The van der Waals surface area contributed by atoms with Gasteiger partial charge >= 0.3 is 0 Å². The smallest absolute Gasteiger partial charge is 0.191 e. The molecule has 3 rings (SSSR count). The van der Waals surface area contributed by atoms with Crippen molar-refractivity contribution in [3.8, 4) is 0 Å². The van der Waals surface area contributed by atoms with Crippen LogP contribution in [0.5, 0.6) is 0 Å². The highest BCUT2D eigenvalue weighted by atomic mass is 32.1. The van der Waals surface area contributed by atoms with Crippen molar-refractivity contribution in [2.45, 2.75) is 26.2 Å². The topological polar surface area (TPSA) is 52.8 Å². The number of aliphatic imine (C=N–C) groups is 1. The van der Waals surface area contributed by atoms with E-state index < -0.39 is 0 Å². The van der Waals surface area contributed by atoms with Gasteiger partial charge in [0.15, 0.2) is 5.96 Å². The molecule has 2 aromatic heterocycles. The molecule has 0 aliphatic heterocycles. The standard InChI is InChI=1S/C21H26N4OS/c1-22-21(24-14-20-10-6-12-27-20)23-13-17-7-3-4-8-18(17)15-25(2)16-19-9-5-11-26-19/h3-12H,13-16H2,1-2H3,(H2,22,23,24). The predicted octanol–water partition coefficient (Wildman–Crippen LogP) is 3.84. The van der Waals surface area contributed by atoms with E-state index in [1.54, 1.807) is 24.6 Å². The molecule has 6 heteroatoms. The highest BCUT2D eigenvalue weighted by molar-refractivity contribution is 7.09. The largest absolute Gasteiger partial charge is 0.468 e. The molecule has 0 amide bonds. The van der Waals surface area contributed by atoms with E-state index in [9.17, 15) is 0 Å². The summed E-state index contributed by atoms with van der Waals surface area (Å²) in [6.45, 7) is 3.17. The van der Waals surface area contributed by atoms with Crippen LogP contribution in [0.3, 0.4) is 0 Å². The number of nitrogens with zero attached hydrogens (tertiary/aromatic N) is 2. The first kappa shape index (κ1) is 19.2. The van der Waals surface area contributed by atoms with Crippen molar-refractivity contribution in [2.75, 3.05) is 14.1 Å². The van der Waals surface area contributed by atoms with Crippen LogP contribution in [0.15, 0.2) is 69.6 Å². The lowest BCUT2D eigenvalue weighted by Gasteiger charge is -2.19. The zero-order chi connectivity index (χ0) is 18.9. The molecule has 0 aliphatic rings. The van der Waals surface area contributed by atoms with Gasteiger partial charge in [-0.2, -0.15) is 0 Å². The second-order valence-electron chi connectivity index (χ2n) is 6.38. The molecule has 0 saturated carbocycles. The maximum atomic E-state index is 5.45. The lowest BCUT2D eigenvalue weighted by molar-refractivity contribution is 0.287. The molecule has 27 heavy (non-hydrogen) atoms. The summed E-state index contributed by atoms with van der Waals surface area (Å²) in [6.07, 6.45) is 1.72. The van der Waals surface area contributed by atoms with Crippen LogP contribution in [-0.4, -0.2) is 25.0 Å². The maximum absolute atomic E-state index is 5.45. The first-order valence-corrected chi connectivity index (χ1v) is 9.87. The molecular formula is C21H26N4OS. The van der Waals surface area contributed by atoms with Crippen molar-refractivity contribution in [2.24, 2.45) is 4.99 Å². The van der Waals surface area contributed by atoms with Crippen molar-refractivity contribution in [3.05, 3.63) is 81.9 Å². The lowest BCUT2D eigenvalue weighted by Crippen LogP contribution is -2.36. The van der Waals surface area contributed by atoms with Gasteiger partial charge in [-0.3, -0.25) is 9.89 Å². The molecule has 0 bridgehead atoms. The Balaban J connectivity index is 1.54. The van der Waals surface area contributed by atoms with Gasteiger partial charge in [-0.1, -0.05) is 30.3 Å². The van der Waals surface area contributed by atoms with E-state index >= 15 is 0 Å². The SMILES string of the molecule is CN=C(NCc1cccs1)NCc1ccccc1CN(C)Cc1ccco1. The number of furan rings is 1. The minimum Gasteiger partial charge on any atom is -0.468 e. The summed E-state index contributed by atoms with van der Waals surface area (Å²) >= 11 is 1.74. The van der Waals surface area contributed by atoms with E-state index in [1.165, 1.54) is 16.0 Å². The summed E-state index contributed by atoms with van der Waals surface area (Å²) in [5, 5.41) is 8.86. The van der Waals surface area contributed by atoms with Gasteiger partial charge in [-0.05, 0) is 41.8 Å². The van der Waals surface area contributed by atoms with Crippen LogP contribution in [0.2, 0.25) is 0 Å². The van der Waals surface area contributed by atoms with Gasteiger partial charge in [0, 0.05) is 25.0 Å². The number of guanidine groups is 1. The molecule has 0 radical (unpaired) electrons. The third kappa shape index (κ3) is 5.98. The van der Waals surface area contributed by atoms with E-state index in [2.05, 4.69) is 69.4 Å². The Morgan fingerprint density at radius 3 is 2.52 bits per heavy atom. The van der Waals surface area contributed by atoms with Gasteiger partial charge in [0.05, 0.1) is 19.4 Å². The third-order valence-electron chi connectivity index (χ3n) is 4.24. The Labute approximate surface area is 164 Å². The number of benzene rings is 1. The molecule has 0 saturated heterocycles. The van der Waals surface area contributed by atoms with E-state index in [4.69, 9.17) is 4.42 Å². The molecule has 2 N–H and O–H groups in total. The summed E-state index contributed by atoms with van der Waals surface area (Å²) in [6, 6.07) is 16.6. The van der Waals surface area contributed by atoms with Crippen LogP contribution in [0.4, 0.5) is 0 Å². The van der Waals surface area contributed by atoms with Crippen molar-refractivity contribution >= 4 is 17.3 Å². The number of thiophene rings is 1. The van der Waals surface area contributed by atoms with Gasteiger partial charge in [0.2, 0.25) is 0 Å². The zero-order valence-electron chi connectivity index (χ0n) is 15.8. The second-order valence-corrected chi connectivity index (χ2v) is 7.41. The summed E-state index contributed by atoms with van der Waals surface area (Å²) in [5.41, 5.74) is 2.57. The molecule has 0 spiro atoms. The van der Waals surface area contributed by atoms with Crippen molar-refractivity contribution in [3.63, 3.8) is 0 Å². The molecule has 0 unspecified atom stereocenters. The fourth-order valence-corrected chi connectivity index (χ4v) is 3.53. The highest BCUT2D eigenvalue weighted by Crippen LogP contribution is 2.13. The summed E-state index contributed by atoms with van der Waals surface area (Å²) in [4.78, 5) is 7.86. The Hall–Kier alpha value is -2.57. The number of hydrogen-bond donors (Lipinski definition) is 2. The molecule has 0 aliphatic carbocycles. The van der Waals surface area contributed by atoms with Crippen LogP contribution in [-0.2, 0) is 26.2 Å². The Morgan fingerprint density at radius 1 is 1.00 bits per heavy atom. The van der Waals surface area contributed by atoms with Gasteiger partial charge in [-0.15, -0.1) is 11.3 Å². The zero-order valence-corrected chi connectivity index (χ0v) is 16.6. The molecule has 5 nitrogen and oxygen atoms in total. The average molecular weight is 383 g/mol. The van der Waals surface area contributed by atoms with Gasteiger partial charge in [-0.25, -0.2) is 0 Å². The Morgan fingerprint density at radius 2 is 1.81 bits per heavy atom.